The first kappa shape index (κ1) is 16.6. The van der Waals surface area contributed by atoms with Crippen molar-refractivity contribution in [1.29, 1.82) is 0 Å². The molecule has 2 aromatic rings. The minimum absolute atomic E-state index is 0.165. The minimum Gasteiger partial charge on any atom is -0.507 e. The van der Waals surface area contributed by atoms with Crippen LogP contribution in [0.2, 0.25) is 0 Å². The van der Waals surface area contributed by atoms with Gasteiger partial charge in [0.05, 0.1) is 11.8 Å². The lowest BCUT2D eigenvalue weighted by molar-refractivity contribution is -0.149. The molecule has 1 atom stereocenters. The molecular weight excluding hydrogens is 338 g/mol. The maximum absolute atomic E-state index is 10.3. The van der Waals surface area contributed by atoms with E-state index in [1.54, 1.807) is 6.07 Å². The molecular formula is C22H25N3O2. The standard InChI is InChI=1S/C22H25N3O2/c1-2-24-13-11-22(12-14-24)25-19(17-8-4-6-10-21(17)27-22)15-18(23-25)16-7-3-5-9-20(16)26/h3-10,19,26H,2,11-15H2,1H3/t19-/m0/s1. The van der Waals surface area contributed by atoms with Gasteiger partial charge in [0, 0.05) is 43.5 Å². The Balaban J connectivity index is 1.57. The van der Waals surface area contributed by atoms with E-state index in [-0.39, 0.29) is 6.04 Å². The van der Waals surface area contributed by atoms with Crippen LogP contribution in [0.4, 0.5) is 0 Å². The fourth-order valence-corrected chi connectivity index (χ4v) is 4.66. The SMILES string of the molecule is CCN1CCC2(CC1)Oc1ccccc1[C@@H]1CC(c3ccccc3O)=NN12. The molecule has 27 heavy (non-hydrogen) atoms. The first-order valence-electron chi connectivity index (χ1n) is 9.86. The summed E-state index contributed by atoms with van der Waals surface area (Å²) in [5.41, 5.74) is 2.56. The zero-order valence-corrected chi connectivity index (χ0v) is 15.6. The fourth-order valence-electron chi connectivity index (χ4n) is 4.66. The number of piperidine rings is 1. The normalized spacial score (nSPS) is 23.5. The summed E-state index contributed by atoms with van der Waals surface area (Å²) in [6.07, 6.45) is 2.66. The molecule has 3 aliphatic rings. The van der Waals surface area contributed by atoms with Crippen molar-refractivity contribution in [3.8, 4) is 11.5 Å². The number of hydrogen-bond acceptors (Lipinski definition) is 5. The van der Waals surface area contributed by atoms with Crippen molar-refractivity contribution < 1.29 is 9.84 Å². The van der Waals surface area contributed by atoms with E-state index < -0.39 is 5.72 Å². The second-order valence-electron chi connectivity index (χ2n) is 7.65. The third-order valence-corrected chi connectivity index (χ3v) is 6.21. The van der Waals surface area contributed by atoms with Gasteiger partial charge >= 0.3 is 0 Å². The highest BCUT2D eigenvalue weighted by molar-refractivity contribution is 6.04. The Kier molecular flexibility index (Phi) is 3.86. The van der Waals surface area contributed by atoms with Gasteiger partial charge in [-0.15, -0.1) is 0 Å². The molecule has 5 heteroatoms. The summed E-state index contributed by atoms with van der Waals surface area (Å²) < 4.78 is 6.61. The largest absolute Gasteiger partial charge is 0.507 e. The molecule has 0 saturated carbocycles. The summed E-state index contributed by atoms with van der Waals surface area (Å²) in [6.45, 7) is 5.32. The molecule has 5 nitrogen and oxygen atoms in total. The molecule has 0 bridgehead atoms. The highest BCUT2D eigenvalue weighted by Gasteiger charge is 2.51. The Labute approximate surface area is 159 Å². The molecule has 1 saturated heterocycles. The molecule has 0 unspecified atom stereocenters. The van der Waals surface area contributed by atoms with Crippen LogP contribution in [0, 0.1) is 0 Å². The quantitative estimate of drug-likeness (QED) is 0.883. The smallest absolute Gasteiger partial charge is 0.200 e. The molecule has 2 aromatic carbocycles. The second kappa shape index (κ2) is 6.27. The third kappa shape index (κ3) is 2.60. The van der Waals surface area contributed by atoms with Crippen LogP contribution < -0.4 is 4.74 Å². The van der Waals surface area contributed by atoms with Crippen molar-refractivity contribution in [2.75, 3.05) is 19.6 Å². The van der Waals surface area contributed by atoms with Crippen LogP contribution in [-0.2, 0) is 0 Å². The van der Waals surface area contributed by atoms with E-state index in [0.717, 1.165) is 55.9 Å². The van der Waals surface area contributed by atoms with E-state index >= 15 is 0 Å². The van der Waals surface area contributed by atoms with Gasteiger partial charge in [0.1, 0.15) is 11.5 Å². The van der Waals surface area contributed by atoms with Crippen molar-refractivity contribution in [3.63, 3.8) is 0 Å². The highest BCUT2D eigenvalue weighted by atomic mass is 16.5. The number of likely N-dealkylation sites (tertiary alicyclic amines) is 1. The number of benzene rings is 2. The number of hydrazone groups is 1. The number of nitrogens with zero attached hydrogens (tertiary/aromatic N) is 3. The van der Waals surface area contributed by atoms with E-state index in [1.165, 1.54) is 5.56 Å². The van der Waals surface area contributed by atoms with Gasteiger partial charge in [-0.3, -0.25) is 0 Å². The first-order valence-corrected chi connectivity index (χ1v) is 9.86. The number of phenols is 1. The average molecular weight is 363 g/mol. The molecule has 1 spiro atoms. The van der Waals surface area contributed by atoms with Crippen molar-refractivity contribution >= 4 is 5.71 Å². The number of fused-ring (bicyclic) bond motifs is 4. The van der Waals surface area contributed by atoms with Crippen molar-refractivity contribution in [2.24, 2.45) is 5.10 Å². The summed E-state index contributed by atoms with van der Waals surface area (Å²) in [6, 6.07) is 16.0. The molecule has 3 aliphatic heterocycles. The summed E-state index contributed by atoms with van der Waals surface area (Å²) in [4.78, 5) is 2.47. The Hall–Kier alpha value is -2.53. The lowest BCUT2D eigenvalue weighted by Gasteiger charge is -2.51. The number of aromatic hydroxyl groups is 1. The molecule has 1 N–H and O–H groups in total. The fraction of sp³-hybridized carbons (Fsp3) is 0.409. The number of ether oxygens (including phenoxy) is 1. The predicted octanol–water partition coefficient (Wildman–Crippen LogP) is 3.75. The Morgan fingerprint density at radius 2 is 1.85 bits per heavy atom. The lowest BCUT2D eigenvalue weighted by atomic mass is 9.90. The molecule has 0 aliphatic carbocycles. The lowest BCUT2D eigenvalue weighted by Crippen LogP contribution is -2.59. The van der Waals surface area contributed by atoms with Crippen LogP contribution in [0.15, 0.2) is 53.6 Å². The summed E-state index contributed by atoms with van der Waals surface area (Å²) >= 11 is 0. The van der Waals surface area contributed by atoms with Crippen LogP contribution in [0.1, 0.15) is 43.4 Å². The van der Waals surface area contributed by atoms with E-state index in [4.69, 9.17) is 9.84 Å². The van der Waals surface area contributed by atoms with Crippen LogP contribution in [0.3, 0.4) is 0 Å². The first-order chi connectivity index (χ1) is 13.2. The monoisotopic (exact) mass is 363 g/mol. The van der Waals surface area contributed by atoms with Crippen molar-refractivity contribution in [1.82, 2.24) is 9.91 Å². The Morgan fingerprint density at radius 3 is 2.63 bits per heavy atom. The molecule has 3 heterocycles. The van der Waals surface area contributed by atoms with E-state index in [1.807, 2.05) is 24.3 Å². The molecule has 5 rings (SSSR count). The van der Waals surface area contributed by atoms with E-state index in [9.17, 15) is 5.11 Å². The highest BCUT2D eigenvalue weighted by Crippen LogP contribution is 2.50. The molecule has 1 fully saturated rings. The zero-order chi connectivity index (χ0) is 18.4. The number of phenolic OH excluding ortho intramolecular Hbond substituents is 1. The summed E-state index contributed by atoms with van der Waals surface area (Å²) in [7, 11) is 0. The summed E-state index contributed by atoms with van der Waals surface area (Å²) in [5, 5.41) is 17.5. The molecule has 140 valence electrons. The van der Waals surface area contributed by atoms with Crippen molar-refractivity contribution in [3.05, 3.63) is 59.7 Å². The third-order valence-electron chi connectivity index (χ3n) is 6.21. The second-order valence-corrected chi connectivity index (χ2v) is 7.65. The van der Waals surface area contributed by atoms with Crippen LogP contribution in [0.25, 0.3) is 0 Å². The Morgan fingerprint density at radius 1 is 1.11 bits per heavy atom. The molecule has 0 amide bonds. The minimum atomic E-state index is -0.392. The molecule has 0 aromatic heterocycles. The number of rotatable bonds is 2. The van der Waals surface area contributed by atoms with Crippen LogP contribution >= 0.6 is 0 Å². The van der Waals surface area contributed by atoms with Gasteiger partial charge in [0.25, 0.3) is 0 Å². The van der Waals surface area contributed by atoms with Crippen molar-refractivity contribution in [2.45, 2.75) is 38.0 Å². The summed E-state index contributed by atoms with van der Waals surface area (Å²) in [5.74, 6) is 1.28. The topological polar surface area (TPSA) is 48.3 Å². The van der Waals surface area contributed by atoms with Gasteiger partial charge in [0.15, 0.2) is 0 Å². The zero-order valence-electron chi connectivity index (χ0n) is 15.6. The van der Waals surface area contributed by atoms with Gasteiger partial charge in [-0.2, -0.15) is 5.10 Å². The average Bonchev–Trinajstić information content (AvgIpc) is 3.16. The van der Waals surface area contributed by atoms with Gasteiger partial charge in [-0.05, 0) is 24.7 Å². The van der Waals surface area contributed by atoms with Crippen LogP contribution in [-0.4, -0.2) is 46.1 Å². The Bertz CT molecular complexity index is 887. The van der Waals surface area contributed by atoms with Gasteiger partial charge in [-0.25, -0.2) is 5.01 Å². The number of para-hydroxylation sites is 2. The maximum atomic E-state index is 10.3. The van der Waals surface area contributed by atoms with E-state index in [2.05, 4.69) is 35.0 Å². The van der Waals surface area contributed by atoms with Crippen LogP contribution in [0.5, 0.6) is 11.5 Å². The predicted molar refractivity (Wildman–Crippen MR) is 105 cm³/mol. The van der Waals surface area contributed by atoms with Gasteiger partial charge in [0.2, 0.25) is 5.72 Å². The van der Waals surface area contributed by atoms with E-state index in [0.29, 0.717) is 5.75 Å². The van der Waals surface area contributed by atoms with Gasteiger partial charge in [-0.1, -0.05) is 37.3 Å². The maximum Gasteiger partial charge on any atom is 0.200 e. The number of hydrogen-bond donors (Lipinski definition) is 1. The van der Waals surface area contributed by atoms with Gasteiger partial charge < -0.3 is 14.7 Å². The molecule has 0 radical (unpaired) electrons.